The summed E-state index contributed by atoms with van der Waals surface area (Å²) in [5.74, 6) is -0.113. The molecule has 0 atom stereocenters. The molecule has 1 amide bonds. The summed E-state index contributed by atoms with van der Waals surface area (Å²) < 4.78 is 8.38. The summed E-state index contributed by atoms with van der Waals surface area (Å²) in [6.07, 6.45) is 5.51. The van der Waals surface area contributed by atoms with Gasteiger partial charge in [-0.3, -0.25) is 9.48 Å². The summed E-state index contributed by atoms with van der Waals surface area (Å²) in [6, 6.07) is 7.84. The van der Waals surface area contributed by atoms with Crippen LogP contribution >= 0.6 is 22.6 Å². The van der Waals surface area contributed by atoms with Crippen LogP contribution in [0, 0.1) is 3.57 Å². The van der Waals surface area contributed by atoms with Crippen LogP contribution in [0.5, 0.6) is 0 Å². The maximum absolute atomic E-state index is 12.1. The molecule has 1 fully saturated rings. The smallest absolute Gasteiger partial charge is 0.255 e. The molecule has 0 saturated carbocycles. The first-order valence-corrected chi connectivity index (χ1v) is 7.99. The van der Waals surface area contributed by atoms with E-state index in [1.807, 2.05) is 35.1 Å². The van der Waals surface area contributed by atoms with Gasteiger partial charge in [0.05, 0.1) is 17.9 Å². The molecule has 1 saturated heterocycles. The van der Waals surface area contributed by atoms with Crippen LogP contribution in [0.1, 0.15) is 29.2 Å². The highest BCUT2D eigenvalue weighted by molar-refractivity contribution is 14.1. The van der Waals surface area contributed by atoms with E-state index in [9.17, 15) is 4.79 Å². The lowest BCUT2D eigenvalue weighted by Crippen LogP contribution is -2.19. The third-order valence-electron chi connectivity index (χ3n) is 3.53. The Morgan fingerprint density at radius 2 is 2.00 bits per heavy atom. The van der Waals surface area contributed by atoms with E-state index < -0.39 is 0 Å². The average molecular weight is 397 g/mol. The second-order valence-electron chi connectivity index (χ2n) is 5.01. The first-order valence-electron chi connectivity index (χ1n) is 6.91. The molecular weight excluding hydrogens is 381 g/mol. The molecule has 6 heteroatoms. The van der Waals surface area contributed by atoms with Gasteiger partial charge < -0.3 is 10.1 Å². The van der Waals surface area contributed by atoms with Crippen molar-refractivity contribution in [3.8, 4) is 0 Å². The molecule has 1 aromatic heterocycles. The molecule has 1 N–H and O–H groups in total. The van der Waals surface area contributed by atoms with E-state index in [1.165, 1.54) is 0 Å². The lowest BCUT2D eigenvalue weighted by Gasteiger charge is -2.22. The highest BCUT2D eigenvalue weighted by Crippen LogP contribution is 2.21. The van der Waals surface area contributed by atoms with Crippen molar-refractivity contribution in [2.75, 3.05) is 18.5 Å². The van der Waals surface area contributed by atoms with Gasteiger partial charge in [0.2, 0.25) is 0 Å². The molecule has 1 aliphatic heterocycles. The molecule has 2 aromatic rings. The first-order chi connectivity index (χ1) is 10.2. The van der Waals surface area contributed by atoms with Crippen molar-refractivity contribution in [2.45, 2.75) is 18.9 Å². The molecular formula is C15H16IN3O2. The molecule has 0 aliphatic carbocycles. The Bertz CT molecular complexity index is 618. The van der Waals surface area contributed by atoms with Crippen LogP contribution in [0.4, 0.5) is 5.69 Å². The molecule has 5 nitrogen and oxygen atoms in total. The molecule has 0 unspecified atom stereocenters. The molecule has 110 valence electrons. The van der Waals surface area contributed by atoms with Crippen LogP contribution in [0.25, 0.3) is 0 Å². The van der Waals surface area contributed by atoms with Crippen LogP contribution in [0.2, 0.25) is 0 Å². The van der Waals surface area contributed by atoms with E-state index in [0.717, 1.165) is 35.3 Å². The number of hydrogen-bond donors (Lipinski definition) is 1. The highest BCUT2D eigenvalue weighted by Gasteiger charge is 2.17. The molecule has 1 aliphatic rings. The molecule has 2 heterocycles. The number of hydrogen-bond acceptors (Lipinski definition) is 3. The van der Waals surface area contributed by atoms with E-state index >= 15 is 0 Å². The summed E-state index contributed by atoms with van der Waals surface area (Å²) in [5, 5.41) is 7.23. The Hall–Kier alpha value is -1.41. The largest absolute Gasteiger partial charge is 0.381 e. The number of halogens is 1. The number of anilines is 1. The molecule has 21 heavy (non-hydrogen) atoms. The second-order valence-corrected chi connectivity index (χ2v) is 6.26. The fraction of sp³-hybridized carbons (Fsp3) is 0.333. The predicted octanol–water partition coefficient (Wildman–Crippen LogP) is 3.09. The number of ether oxygens (including phenoxy) is 1. The van der Waals surface area contributed by atoms with Crippen molar-refractivity contribution in [3.63, 3.8) is 0 Å². The van der Waals surface area contributed by atoms with Crippen molar-refractivity contribution in [1.29, 1.82) is 0 Å². The zero-order valence-corrected chi connectivity index (χ0v) is 13.6. The number of nitrogens with zero attached hydrogens (tertiary/aromatic N) is 2. The van der Waals surface area contributed by atoms with Gasteiger partial charge in [-0.1, -0.05) is 0 Å². The maximum atomic E-state index is 12.1. The molecule has 0 bridgehead atoms. The minimum absolute atomic E-state index is 0.113. The normalized spacial score (nSPS) is 15.9. The summed E-state index contributed by atoms with van der Waals surface area (Å²) in [5.41, 5.74) is 1.37. The van der Waals surface area contributed by atoms with E-state index in [0.29, 0.717) is 11.6 Å². The summed E-state index contributed by atoms with van der Waals surface area (Å²) in [6.45, 7) is 1.55. The first kappa shape index (κ1) is 14.5. The van der Waals surface area contributed by atoms with Gasteiger partial charge in [0.15, 0.2) is 0 Å². The number of carbonyl (C=O) groups excluding carboxylic acids is 1. The zero-order chi connectivity index (χ0) is 14.7. The van der Waals surface area contributed by atoms with Crippen LogP contribution in [0.15, 0.2) is 36.7 Å². The monoisotopic (exact) mass is 397 g/mol. The second kappa shape index (κ2) is 6.57. The van der Waals surface area contributed by atoms with E-state index in [1.54, 1.807) is 6.20 Å². The van der Waals surface area contributed by atoms with Gasteiger partial charge in [-0.2, -0.15) is 5.10 Å². The topological polar surface area (TPSA) is 56.2 Å². The van der Waals surface area contributed by atoms with E-state index in [2.05, 4.69) is 33.0 Å². The number of carbonyl (C=O) groups is 1. The number of amides is 1. The van der Waals surface area contributed by atoms with E-state index in [4.69, 9.17) is 4.74 Å². The Morgan fingerprint density at radius 1 is 1.29 bits per heavy atom. The Morgan fingerprint density at radius 3 is 2.71 bits per heavy atom. The van der Waals surface area contributed by atoms with Crippen LogP contribution in [0.3, 0.4) is 0 Å². The van der Waals surface area contributed by atoms with Crippen molar-refractivity contribution >= 4 is 34.2 Å². The summed E-state index contributed by atoms with van der Waals surface area (Å²) >= 11 is 2.22. The third-order valence-corrected chi connectivity index (χ3v) is 4.25. The quantitative estimate of drug-likeness (QED) is 0.811. The van der Waals surface area contributed by atoms with Crippen LogP contribution < -0.4 is 5.32 Å². The lowest BCUT2D eigenvalue weighted by atomic mass is 10.1. The zero-order valence-electron chi connectivity index (χ0n) is 11.5. The number of nitrogens with one attached hydrogen (secondary N) is 1. The van der Waals surface area contributed by atoms with Crippen molar-refractivity contribution in [2.24, 2.45) is 0 Å². The lowest BCUT2D eigenvalue weighted by molar-refractivity contribution is 0.0662. The van der Waals surface area contributed by atoms with Gasteiger partial charge in [-0.05, 0) is 59.7 Å². The summed E-state index contributed by atoms with van der Waals surface area (Å²) in [7, 11) is 0. The SMILES string of the molecule is O=C(Nc1cnn(C2CCOCC2)c1)c1ccc(I)cc1. The Kier molecular flexibility index (Phi) is 4.54. The Balaban J connectivity index is 1.66. The molecule has 3 rings (SSSR count). The van der Waals surface area contributed by atoms with Gasteiger partial charge in [-0.15, -0.1) is 0 Å². The van der Waals surface area contributed by atoms with Crippen LogP contribution in [-0.2, 0) is 4.74 Å². The number of benzene rings is 1. The maximum Gasteiger partial charge on any atom is 0.255 e. The number of rotatable bonds is 3. The van der Waals surface area contributed by atoms with Gasteiger partial charge in [0.25, 0.3) is 5.91 Å². The van der Waals surface area contributed by atoms with Gasteiger partial charge in [-0.25, -0.2) is 0 Å². The van der Waals surface area contributed by atoms with Gasteiger partial charge in [0.1, 0.15) is 0 Å². The molecule has 1 aromatic carbocycles. The molecule has 0 radical (unpaired) electrons. The third kappa shape index (κ3) is 3.62. The fourth-order valence-corrected chi connectivity index (χ4v) is 2.72. The van der Waals surface area contributed by atoms with E-state index in [-0.39, 0.29) is 5.91 Å². The number of aromatic nitrogens is 2. The van der Waals surface area contributed by atoms with Crippen molar-refractivity contribution < 1.29 is 9.53 Å². The standard InChI is InChI=1S/C15H16IN3O2/c16-12-3-1-11(2-4-12)15(20)18-13-9-17-19(10-13)14-5-7-21-8-6-14/h1-4,9-10,14H,5-8H2,(H,18,20). The minimum atomic E-state index is -0.113. The van der Waals surface area contributed by atoms with Crippen molar-refractivity contribution in [3.05, 3.63) is 45.8 Å². The Labute approximate surface area is 136 Å². The predicted molar refractivity (Wildman–Crippen MR) is 88.4 cm³/mol. The van der Waals surface area contributed by atoms with Crippen LogP contribution in [-0.4, -0.2) is 28.9 Å². The van der Waals surface area contributed by atoms with Gasteiger partial charge >= 0.3 is 0 Å². The molecule has 0 spiro atoms. The van der Waals surface area contributed by atoms with Gasteiger partial charge in [0, 0.05) is 28.5 Å². The highest BCUT2D eigenvalue weighted by atomic mass is 127. The fourth-order valence-electron chi connectivity index (χ4n) is 2.36. The average Bonchev–Trinajstić information content (AvgIpc) is 2.97. The van der Waals surface area contributed by atoms with Crippen molar-refractivity contribution in [1.82, 2.24) is 9.78 Å². The minimum Gasteiger partial charge on any atom is -0.381 e. The summed E-state index contributed by atoms with van der Waals surface area (Å²) in [4.78, 5) is 12.1.